The van der Waals surface area contributed by atoms with E-state index in [1.54, 1.807) is 19.2 Å². The van der Waals surface area contributed by atoms with Gasteiger partial charge in [-0.05, 0) is 13.3 Å². The molecule has 1 amide bonds. The number of aromatic nitrogens is 3. The standard InChI is InChI=1S/C14H17N5O2.CHF3O/c1-9(14(20)19-4-3-5-19)18-13-6-11(16-8-17-13)12-7-15-10(2)21-12;2-1(3,4)5/h6-9H,3-5H2,1-2H3,(H,16,17,18);5H/t9-;/m1./s1. The fraction of sp³-hybridized carbons (Fsp3) is 0.467. The van der Waals surface area contributed by atoms with Crippen LogP contribution in [0, 0.1) is 6.92 Å². The van der Waals surface area contributed by atoms with E-state index in [0.29, 0.717) is 23.2 Å². The second kappa shape index (κ2) is 8.13. The molecular weight excluding hydrogens is 355 g/mol. The SMILES string of the molecule is Cc1ncc(-c2cc(N[C@H](C)C(=O)N3CCC3)ncn2)o1.OC(F)(F)F. The van der Waals surface area contributed by atoms with E-state index in [1.807, 2.05) is 11.8 Å². The highest BCUT2D eigenvalue weighted by Gasteiger charge is 2.25. The number of hydrogen-bond acceptors (Lipinski definition) is 7. The Morgan fingerprint density at radius 1 is 1.35 bits per heavy atom. The second-order valence-corrected chi connectivity index (χ2v) is 5.54. The molecule has 2 aromatic heterocycles. The maximum absolute atomic E-state index is 12.1. The molecule has 8 nitrogen and oxygen atoms in total. The lowest BCUT2D eigenvalue weighted by Gasteiger charge is -2.33. The van der Waals surface area contributed by atoms with Gasteiger partial charge in [0.15, 0.2) is 11.7 Å². The third-order valence-electron chi connectivity index (χ3n) is 3.44. The molecule has 0 bridgehead atoms. The molecule has 0 saturated carbocycles. The topological polar surface area (TPSA) is 104 Å². The summed E-state index contributed by atoms with van der Waals surface area (Å²) in [5, 5.41) is 9.62. The van der Waals surface area contributed by atoms with Crippen molar-refractivity contribution in [2.24, 2.45) is 0 Å². The van der Waals surface area contributed by atoms with Crippen LogP contribution >= 0.6 is 0 Å². The van der Waals surface area contributed by atoms with Gasteiger partial charge >= 0.3 is 6.36 Å². The first kappa shape index (κ1) is 19.6. The van der Waals surface area contributed by atoms with Crippen molar-refractivity contribution in [1.29, 1.82) is 0 Å². The third-order valence-corrected chi connectivity index (χ3v) is 3.44. The largest absolute Gasteiger partial charge is 0.519 e. The van der Waals surface area contributed by atoms with E-state index in [2.05, 4.69) is 20.3 Å². The molecular formula is C15H18F3N5O3. The second-order valence-electron chi connectivity index (χ2n) is 5.54. The summed E-state index contributed by atoms with van der Waals surface area (Å²) in [5.41, 5.74) is 0.636. The van der Waals surface area contributed by atoms with Gasteiger partial charge in [-0.3, -0.25) is 4.79 Å². The number of carbonyl (C=O) groups is 1. The predicted molar refractivity (Wildman–Crippen MR) is 84.8 cm³/mol. The highest BCUT2D eigenvalue weighted by Crippen LogP contribution is 2.20. The average molecular weight is 373 g/mol. The van der Waals surface area contributed by atoms with Crippen molar-refractivity contribution < 1.29 is 27.5 Å². The number of likely N-dealkylation sites (tertiary alicyclic amines) is 1. The van der Waals surface area contributed by atoms with E-state index in [4.69, 9.17) is 9.52 Å². The van der Waals surface area contributed by atoms with E-state index >= 15 is 0 Å². The molecule has 0 aliphatic carbocycles. The number of anilines is 1. The number of aryl methyl sites for hydroxylation is 1. The number of nitrogens with one attached hydrogen (secondary N) is 1. The molecule has 0 aromatic carbocycles. The van der Waals surface area contributed by atoms with Crippen molar-refractivity contribution in [3.8, 4) is 11.5 Å². The normalized spacial score (nSPS) is 14.8. The lowest BCUT2D eigenvalue weighted by molar-refractivity contribution is -0.295. The molecule has 142 valence electrons. The Hall–Kier alpha value is -2.69. The van der Waals surface area contributed by atoms with Crippen LogP contribution in [0.5, 0.6) is 0 Å². The van der Waals surface area contributed by atoms with E-state index in [0.717, 1.165) is 19.5 Å². The smallest absolute Gasteiger partial charge is 0.439 e. The van der Waals surface area contributed by atoms with Crippen molar-refractivity contribution >= 4 is 11.7 Å². The van der Waals surface area contributed by atoms with Gasteiger partial charge in [0.05, 0.1) is 6.20 Å². The number of nitrogens with zero attached hydrogens (tertiary/aromatic N) is 4. The summed E-state index contributed by atoms with van der Waals surface area (Å²) in [6.45, 7) is 5.30. The number of rotatable bonds is 4. The number of alkyl halides is 3. The van der Waals surface area contributed by atoms with E-state index in [1.165, 1.54) is 6.33 Å². The molecule has 3 rings (SSSR count). The number of aliphatic hydroxyl groups is 1. The summed E-state index contributed by atoms with van der Waals surface area (Å²) in [7, 11) is 0. The van der Waals surface area contributed by atoms with Crippen LogP contribution in [0.2, 0.25) is 0 Å². The summed E-state index contributed by atoms with van der Waals surface area (Å²) >= 11 is 0. The monoisotopic (exact) mass is 373 g/mol. The Morgan fingerprint density at radius 2 is 2.00 bits per heavy atom. The molecule has 1 saturated heterocycles. The van der Waals surface area contributed by atoms with Crippen LogP contribution in [-0.2, 0) is 4.79 Å². The maximum Gasteiger partial charge on any atom is 0.519 e. The van der Waals surface area contributed by atoms with Gasteiger partial charge in [-0.1, -0.05) is 0 Å². The summed E-state index contributed by atoms with van der Waals surface area (Å²) in [6, 6.07) is 1.43. The van der Waals surface area contributed by atoms with Crippen LogP contribution in [-0.4, -0.2) is 56.4 Å². The van der Waals surface area contributed by atoms with Crippen LogP contribution in [0.4, 0.5) is 19.0 Å². The molecule has 1 atom stereocenters. The van der Waals surface area contributed by atoms with Gasteiger partial charge < -0.3 is 19.7 Å². The lowest BCUT2D eigenvalue weighted by atomic mass is 10.2. The molecule has 3 heterocycles. The number of halogens is 3. The van der Waals surface area contributed by atoms with Crippen LogP contribution in [0.1, 0.15) is 19.2 Å². The highest BCUT2D eigenvalue weighted by atomic mass is 19.4. The van der Waals surface area contributed by atoms with Crippen molar-refractivity contribution in [3.05, 3.63) is 24.5 Å². The Morgan fingerprint density at radius 3 is 2.50 bits per heavy atom. The zero-order valence-electron chi connectivity index (χ0n) is 14.1. The van der Waals surface area contributed by atoms with Crippen molar-refractivity contribution in [2.75, 3.05) is 18.4 Å². The Labute approximate surface area is 147 Å². The van der Waals surface area contributed by atoms with Gasteiger partial charge in [0.25, 0.3) is 0 Å². The van der Waals surface area contributed by atoms with Crippen molar-refractivity contribution in [1.82, 2.24) is 19.9 Å². The zero-order chi connectivity index (χ0) is 19.3. The predicted octanol–water partition coefficient (Wildman–Crippen LogP) is 1.97. The van der Waals surface area contributed by atoms with Gasteiger partial charge in [0, 0.05) is 26.1 Å². The Kier molecular flexibility index (Phi) is 6.14. The zero-order valence-corrected chi connectivity index (χ0v) is 14.1. The van der Waals surface area contributed by atoms with E-state index < -0.39 is 6.36 Å². The van der Waals surface area contributed by atoms with Crippen LogP contribution < -0.4 is 5.32 Å². The summed E-state index contributed by atoms with van der Waals surface area (Å²) in [4.78, 5) is 26.3. The highest BCUT2D eigenvalue weighted by molar-refractivity contribution is 5.84. The molecule has 1 aliphatic heterocycles. The van der Waals surface area contributed by atoms with Gasteiger partial charge in [-0.15, -0.1) is 13.2 Å². The molecule has 0 spiro atoms. The number of carbonyl (C=O) groups excluding carboxylic acids is 1. The Bertz CT molecular complexity index is 740. The first-order valence-electron chi connectivity index (χ1n) is 7.73. The first-order chi connectivity index (χ1) is 12.1. The molecule has 0 radical (unpaired) electrons. The molecule has 26 heavy (non-hydrogen) atoms. The lowest BCUT2D eigenvalue weighted by Crippen LogP contribution is -2.48. The van der Waals surface area contributed by atoms with Gasteiger partial charge in [0.2, 0.25) is 5.91 Å². The molecule has 2 aromatic rings. The van der Waals surface area contributed by atoms with E-state index in [-0.39, 0.29) is 11.9 Å². The van der Waals surface area contributed by atoms with Crippen molar-refractivity contribution in [3.63, 3.8) is 0 Å². The van der Waals surface area contributed by atoms with Gasteiger partial charge in [-0.25, -0.2) is 15.0 Å². The van der Waals surface area contributed by atoms with E-state index in [9.17, 15) is 18.0 Å². The van der Waals surface area contributed by atoms with Crippen LogP contribution in [0.15, 0.2) is 23.0 Å². The van der Waals surface area contributed by atoms with Crippen LogP contribution in [0.25, 0.3) is 11.5 Å². The quantitative estimate of drug-likeness (QED) is 0.844. The molecule has 0 unspecified atom stereocenters. The maximum atomic E-state index is 12.1. The average Bonchev–Trinajstić information content (AvgIpc) is 2.90. The minimum Gasteiger partial charge on any atom is -0.439 e. The molecule has 2 N–H and O–H groups in total. The Balaban J connectivity index is 0.000000431. The third kappa shape index (κ3) is 5.99. The fourth-order valence-corrected chi connectivity index (χ4v) is 2.14. The number of oxazole rings is 1. The number of amides is 1. The van der Waals surface area contributed by atoms with Crippen molar-refractivity contribution in [2.45, 2.75) is 32.7 Å². The van der Waals surface area contributed by atoms with Gasteiger partial charge in [-0.2, -0.15) is 0 Å². The summed E-state index contributed by atoms with van der Waals surface area (Å²) in [6.07, 6.45) is -0.854. The summed E-state index contributed by atoms with van der Waals surface area (Å²) in [5.74, 6) is 1.85. The fourth-order valence-electron chi connectivity index (χ4n) is 2.14. The number of hydrogen-bond donors (Lipinski definition) is 2. The molecule has 1 fully saturated rings. The molecule has 1 aliphatic rings. The first-order valence-corrected chi connectivity index (χ1v) is 7.73. The van der Waals surface area contributed by atoms with Gasteiger partial charge in [0.1, 0.15) is 23.9 Å². The minimum atomic E-state index is -5.00. The van der Waals surface area contributed by atoms with Crippen LogP contribution in [0.3, 0.4) is 0 Å². The summed E-state index contributed by atoms with van der Waals surface area (Å²) < 4.78 is 35.2. The molecule has 11 heteroatoms. The minimum absolute atomic E-state index is 0.0944.